The number of rotatable bonds is 5. The number of carboxylic acids is 1. The van der Waals surface area contributed by atoms with Crippen LogP contribution >= 0.6 is 0 Å². The number of para-hydroxylation sites is 1. The number of amides is 1. The van der Waals surface area contributed by atoms with Crippen LogP contribution in [0.15, 0.2) is 48.5 Å². The third kappa shape index (κ3) is 2.75. The Labute approximate surface area is 162 Å². The first kappa shape index (κ1) is 18.5. The largest absolute Gasteiger partial charge is 0.493 e. The fourth-order valence-electron chi connectivity index (χ4n) is 4.97. The van der Waals surface area contributed by atoms with E-state index in [0.29, 0.717) is 19.3 Å². The van der Waals surface area contributed by atoms with E-state index in [9.17, 15) is 19.1 Å². The summed E-state index contributed by atoms with van der Waals surface area (Å²) in [6.07, 6.45) is 2.17. The highest BCUT2D eigenvalue weighted by Crippen LogP contribution is 2.52. The van der Waals surface area contributed by atoms with Gasteiger partial charge in [0, 0.05) is 12.1 Å². The molecule has 0 unspecified atom stereocenters. The Bertz CT molecular complexity index is 916. The molecular weight excluding hydrogens is 361 g/mol. The van der Waals surface area contributed by atoms with Crippen LogP contribution in [0.1, 0.15) is 35.2 Å². The number of aliphatic carboxylic acids is 1. The zero-order valence-electron chi connectivity index (χ0n) is 15.6. The van der Waals surface area contributed by atoms with E-state index in [2.05, 4.69) is 0 Å². The summed E-state index contributed by atoms with van der Waals surface area (Å²) < 4.78 is 19.2. The zero-order chi connectivity index (χ0) is 19.9. The molecule has 1 amide bonds. The molecule has 2 aliphatic rings. The lowest BCUT2D eigenvalue weighted by atomic mass is 9.70. The molecule has 5 nitrogen and oxygen atoms in total. The monoisotopic (exact) mass is 383 g/mol. The molecule has 2 aliphatic heterocycles. The van der Waals surface area contributed by atoms with Crippen LogP contribution in [-0.4, -0.2) is 41.1 Å². The Morgan fingerprint density at radius 3 is 2.61 bits per heavy atom. The molecule has 2 aromatic carbocycles. The average molecular weight is 383 g/mol. The van der Waals surface area contributed by atoms with Gasteiger partial charge in [-0.05, 0) is 43.4 Å². The number of carbonyl (C=O) groups excluding carboxylic acids is 1. The minimum absolute atomic E-state index is 0.0946. The SMILES string of the molecule is COc1c(F)cccc1C(=O)N1[C@H]2CC[C@@H]1[C@](Cc1ccccc1)(C(=O)O)C2. The van der Waals surface area contributed by atoms with Crippen LogP contribution in [0.5, 0.6) is 5.75 Å². The fourth-order valence-corrected chi connectivity index (χ4v) is 4.97. The number of methoxy groups -OCH3 is 1. The molecule has 146 valence electrons. The molecular formula is C22H22FNO4. The van der Waals surface area contributed by atoms with Gasteiger partial charge in [0.05, 0.1) is 18.1 Å². The molecule has 6 heteroatoms. The summed E-state index contributed by atoms with van der Waals surface area (Å²) in [7, 11) is 1.32. The van der Waals surface area contributed by atoms with E-state index in [1.54, 1.807) is 4.90 Å². The maximum Gasteiger partial charge on any atom is 0.312 e. The van der Waals surface area contributed by atoms with Gasteiger partial charge in [-0.15, -0.1) is 0 Å². The van der Waals surface area contributed by atoms with Crippen molar-refractivity contribution in [2.24, 2.45) is 5.41 Å². The van der Waals surface area contributed by atoms with Gasteiger partial charge in [-0.3, -0.25) is 9.59 Å². The van der Waals surface area contributed by atoms with Crippen LogP contribution < -0.4 is 4.74 Å². The quantitative estimate of drug-likeness (QED) is 0.858. The third-order valence-electron chi connectivity index (χ3n) is 6.16. The van der Waals surface area contributed by atoms with E-state index >= 15 is 0 Å². The van der Waals surface area contributed by atoms with Crippen molar-refractivity contribution in [1.29, 1.82) is 0 Å². The summed E-state index contributed by atoms with van der Waals surface area (Å²) in [5, 5.41) is 10.1. The predicted molar refractivity (Wildman–Crippen MR) is 101 cm³/mol. The first-order valence-corrected chi connectivity index (χ1v) is 9.40. The maximum absolute atomic E-state index is 14.1. The molecule has 2 saturated heterocycles. The third-order valence-corrected chi connectivity index (χ3v) is 6.16. The Balaban J connectivity index is 1.70. The Hall–Kier alpha value is -2.89. The molecule has 0 spiro atoms. The fraction of sp³-hybridized carbons (Fsp3) is 0.364. The first-order valence-electron chi connectivity index (χ1n) is 9.40. The van der Waals surface area contributed by atoms with Crippen LogP contribution in [0.2, 0.25) is 0 Å². The van der Waals surface area contributed by atoms with Crippen LogP contribution in [-0.2, 0) is 11.2 Å². The Morgan fingerprint density at radius 1 is 1.18 bits per heavy atom. The van der Waals surface area contributed by atoms with Crippen molar-refractivity contribution < 1.29 is 23.8 Å². The second-order valence-electron chi connectivity index (χ2n) is 7.61. The number of hydrogen-bond donors (Lipinski definition) is 1. The number of fused-ring (bicyclic) bond motifs is 2. The van der Waals surface area contributed by atoms with Crippen molar-refractivity contribution in [2.45, 2.75) is 37.8 Å². The molecule has 2 bridgehead atoms. The molecule has 2 heterocycles. The lowest BCUT2D eigenvalue weighted by Gasteiger charge is -2.33. The lowest BCUT2D eigenvalue weighted by molar-refractivity contribution is -0.150. The number of carbonyl (C=O) groups is 2. The summed E-state index contributed by atoms with van der Waals surface area (Å²) in [6, 6.07) is 13.2. The van der Waals surface area contributed by atoms with Gasteiger partial charge in [-0.1, -0.05) is 36.4 Å². The number of carboxylic acid groups (broad SMARTS) is 1. The zero-order valence-corrected chi connectivity index (χ0v) is 15.6. The average Bonchev–Trinajstić information content (AvgIpc) is 3.24. The molecule has 1 N–H and O–H groups in total. The minimum atomic E-state index is -1.03. The summed E-state index contributed by atoms with van der Waals surface area (Å²) in [5.41, 5.74) is 0.0500. The molecule has 2 fully saturated rings. The predicted octanol–water partition coefficient (Wildman–Crippen LogP) is 3.52. The standard InChI is InChI=1S/C22H22FNO4/c1-28-19-16(8-5-9-17(19)23)20(25)24-15-10-11-18(24)22(13-15,21(26)27)12-14-6-3-2-4-7-14/h2-9,15,18H,10-13H2,1H3,(H,26,27)/t15-,18+,22+/m0/s1. The van der Waals surface area contributed by atoms with E-state index in [4.69, 9.17) is 4.74 Å². The smallest absolute Gasteiger partial charge is 0.312 e. The van der Waals surface area contributed by atoms with Crippen molar-refractivity contribution >= 4 is 11.9 Å². The van der Waals surface area contributed by atoms with Crippen molar-refractivity contribution in [3.05, 3.63) is 65.5 Å². The summed E-state index contributed by atoms with van der Waals surface area (Å²) in [6.45, 7) is 0. The number of hydrogen-bond acceptors (Lipinski definition) is 3. The van der Waals surface area contributed by atoms with Gasteiger partial charge in [0.15, 0.2) is 11.6 Å². The van der Waals surface area contributed by atoms with E-state index in [0.717, 1.165) is 12.0 Å². The Kier molecular flexibility index (Phi) is 4.57. The van der Waals surface area contributed by atoms with Crippen LogP contribution in [0.3, 0.4) is 0 Å². The van der Waals surface area contributed by atoms with Crippen molar-refractivity contribution in [3.8, 4) is 5.75 Å². The molecule has 28 heavy (non-hydrogen) atoms. The van der Waals surface area contributed by atoms with Crippen molar-refractivity contribution in [2.75, 3.05) is 7.11 Å². The minimum Gasteiger partial charge on any atom is -0.493 e. The van der Waals surface area contributed by atoms with Gasteiger partial charge in [0.1, 0.15) is 0 Å². The van der Waals surface area contributed by atoms with Gasteiger partial charge < -0.3 is 14.7 Å². The second kappa shape index (κ2) is 6.93. The highest BCUT2D eigenvalue weighted by molar-refractivity contribution is 5.98. The van der Waals surface area contributed by atoms with Crippen LogP contribution in [0.25, 0.3) is 0 Å². The van der Waals surface area contributed by atoms with Gasteiger partial charge in [0.25, 0.3) is 5.91 Å². The highest BCUT2D eigenvalue weighted by atomic mass is 19.1. The number of ether oxygens (including phenoxy) is 1. The summed E-state index contributed by atoms with van der Waals surface area (Å²) >= 11 is 0. The van der Waals surface area contributed by atoms with Gasteiger partial charge in [0.2, 0.25) is 0 Å². The molecule has 0 aliphatic carbocycles. The van der Waals surface area contributed by atoms with E-state index < -0.39 is 23.2 Å². The molecule has 0 aromatic heterocycles. The molecule has 2 aromatic rings. The molecule has 0 saturated carbocycles. The summed E-state index contributed by atoms with van der Waals surface area (Å²) in [5.74, 6) is -1.94. The maximum atomic E-state index is 14.1. The number of benzene rings is 2. The first-order chi connectivity index (χ1) is 13.5. The normalized spacial score (nSPS) is 25.7. The van der Waals surface area contributed by atoms with Crippen molar-refractivity contribution in [3.63, 3.8) is 0 Å². The number of halogens is 1. The van der Waals surface area contributed by atoms with E-state index in [1.807, 2.05) is 30.3 Å². The van der Waals surface area contributed by atoms with Gasteiger partial charge in [-0.25, -0.2) is 4.39 Å². The number of nitrogens with zero attached hydrogens (tertiary/aromatic N) is 1. The van der Waals surface area contributed by atoms with Gasteiger partial charge >= 0.3 is 5.97 Å². The summed E-state index contributed by atoms with van der Waals surface area (Å²) in [4.78, 5) is 27.3. The lowest BCUT2D eigenvalue weighted by Crippen LogP contribution is -2.46. The molecule has 0 radical (unpaired) electrons. The highest BCUT2D eigenvalue weighted by Gasteiger charge is 2.61. The van der Waals surface area contributed by atoms with E-state index in [1.165, 1.54) is 25.3 Å². The molecule has 4 rings (SSSR count). The van der Waals surface area contributed by atoms with Crippen molar-refractivity contribution in [1.82, 2.24) is 4.90 Å². The topological polar surface area (TPSA) is 66.8 Å². The Morgan fingerprint density at radius 2 is 1.93 bits per heavy atom. The van der Waals surface area contributed by atoms with E-state index in [-0.39, 0.29) is 23.3 Å². The van der Waals surface area contributed by atoms with Crippen LogP contribution in [0, 0.1) is 11.2 Å². The second-order valence-corrected chi connectivity index (χ2v) is 7.61. The molecule has 3 atom stereocenters. The van der Waals surface area contributed by atoms with Gasteiger partial charge in [-0.2, -0.15) is 0 Å². The van der Waals surface area contributed by atoms with Crippen LogP contribution in [0.4, 0.5) is 4.39 Å².